The molecule has 1 aromatic heterocycles. The minimum atomic E-state index is 0.824. The molecule has 0 aliphatic carbocycles. The van der Waals surface area contributed by atoms with Crippen LogP contribution >= 0.6 is 11.3 Å². The van der Waals surface area contributed by atoms with E-state index >= 15 is 0 Å². The summed E-state index contributed by atoms with van der Waals surface area (Å²) >= 11 is 1.75. The standard InChI is InChI=1S/C12H14N2S/c1-3-6-13-8-12-14-10-7-9(2)4-5-11(10)15-12/h3-5,7,13H,1,6,8H2,2H3. The van der Waals surface area contributed by atoms with E-state index in [0.29, 0.717) is 0 Å². The average molecular weight is 218 g/mol. The van der Waals surface area contributed by atoms with Gasteiger partial charge < -0.3 is 5.32 Å². The highest BCUT2D eigenvalue weighted by Crippen LogP contribution is 2.22. The molecule has 78 valence electrons. The molecule has 1 aromatic carbocycles. The molecule has 0 atom stereocenters. The summed E-state index contributed by atoms with van der Waals surface area (Å²) in [5.74, 6) is 0. The van der Waals surface area contributed by atoms with Crippen LogP contribution < -0.4 is 5.32 Å². The van der Waals surface area contributed by atoms with E-state index < -0.39 is 0 Å². The van der Waals surface area contributed by atoms with Crippen LogP contribution in [0.5, 0.6) is 0 Å². The minimum Gasteiger partial charge on any atom is -0.307 e. The highest BCUT2D eigenvalue weighted by molar-refractivity contribution is 7.18. The molecule has 0 spiro atoms. The molecular weight excluding hydrogens is 204 g/mol. The molecule has 0 aliphatic heterocycles. The van der Waals surface area contributed by atoms with E-state index in [9.17, 15) is 0 Å². The maximum atomic E-state index is 4.57. The first-order chi connectivity index (χ1) is 7.29. The summed E-state index contributed by atoms with van der Waals surface area (Å²) in [7, 11) is 0. The van der Waals surface area contributed by atoms with Gasteiger partial charge in [-0.3, -0.25) is 0 Å². The van der Waals surface area contributed by atoms with Gasteiger partial charge in [-0.15, -0.1) is 17.9 Å². The Balaban J connectivity index is 2.19. The number of rotatable bonds is 4. The molecule has 2 nitrogen and oxygen atoms in total. The lowest BCUT2D eigenvalue weighted by molar-refractivity contribution is 0.757. The van der Waals surface area contributed by atoms with Crippen LogP contribution in [0.3, 0.4) is 0 Å². The first-order valence-corrected chi connectivity index (χ1v) is 5.79. The number of aryl methyl sites for hydroxylation is 1. The molecule has 0 bridgehead atoms. The lowest BCUT2D eigenvalue weighted by Crippen LogP contribution is -2.12. The molecule has 0 radical (unpaired) electrons. The van der Waals surface area contributed by atoms with E-state index in [-0.39, 0.29) is 0 Å². The van der Waals surface area contributed by atoms with Gasteiger partial charge in [-0.2, -0.15) is 0 Å². The van der Waals surface area contributed by atoms with E-state index in [0.717, 1.165) is 23.6 Å². The second-order valence-corrected chi connectivity index (χ2v) is 4.61. The Hall–Kier alpha value is -1.19. The third-order valence-electron chi connectivity index (χ3n) is 2.15. The lowest BCUT2D eigenvalue weighted by atomic mass is 10.2. The highest BCUT2D eigenvalue weighted by atomic mass is 32.1. The van der Waals surface area contributed by atoms with Gasteiger partial charge in [0.25, 0.3) is 0 Å². The summed E-state index contributed by atoms with van der Waals surface area (Å²) in [6, 6.07) is 6.39. The van der Waals surface area contributed by atoms with Crippen molar-refractivity contribution in [2.45, 2.75) is 13.5 Å². The fourth-order valence-corrected chi connectivity index (χ4v) is 2.36. The largest absolute Gasteiger partial charge is 0.307 e. The number of aromatic nitrogens is 1. The summed E-state index contributed by atoms with van der Waals surface area (Å²) in [6.45, 7) is 7.41. The normalized spacial score (nSPS) is 10.7. The van der Waals surface area contributed by atoms with Crippen molar-refractivity contribution < 1.29 is 0 Å². The summed E-state index contributed by atoms with van der Waals surface area (Å²) < 4.78 is 1.26. The molecule has 0 unspecified atom stereocenters. The van der Waals surface area contributed by atoms with Crippen molar-refractivity contribution in [3.63, 3.8) is 0 Å². The van der Waals surface area contributed by atoms with Crippen molar-refractivity contribution in [1.82, 2.24) is 10.3 Å². The van der Waals surface area contributed by atoms with Crippen molar-refractivity contribution in [2.75, 3.05) is 6.54 Å². The van der Waals surface area contributed by atoms with Gasteiger partial charge in [-0.05, 0) is 24.6 Å². The molecule has 2 rings (SSSR count). The second-order valence-electron chi connectivity index (χ2n) is 3.50. The topological polar surface area (TPSA) is 24.9 Å². The van der Waals surface area contributed by atoms with Gasteiger partial charge >= 0.3 is 0 Å². The summed E-state index contributed by atoms with van der Waals surface area (Å²) in [5.41, 5.74) is 2.37. The van der Waals surface area contributed by atoms with E-state index in [1.807, 2.05) is 6.08 Å². The first-order valence-electron chi connectivity index (χ1n) is 4.97. The monoisotopic (exact) mass is 218 g/mol. The van der Waals surface area contributed by atoms with Crippen molar-refractivity contribution in [3.05, 3.63) is 41.4 Å². The van der Waals surface area contributed by atoms with Gasteiger partial charge in [-0.1, -0.05) is 12.1 Å². The summed E-state index contributed by atoms with van der Waals surface area (Å²) in [4.78, 5) is 4.57. The SMILES string of the molecule is C=CCNCc1nc2cc(C)ccc2s1. The van der Waals surface area contributed by atoms with Gasteiger partial charge in [0.05, 0.1) is 10.2 Å². The maximum Gasteiger partial charge on any atom is 0.108 e. The average Bonchev–Trinajstić information content (AvgIpc) is 2.60. The van der Waals surface area contributed by atoms with Gasteiger partial charge in [0.1, 0.15) is 5.01 Å². The number of benzene rings is 1. The molecule has 3 heteroatoms. The zero-order chi connectivity index (χ0) is 10.7. The third kappa shape index (κ3) is 2.43. The predicted octanol–water partition coefficient (Wildman–Crippen LogP) is 2.88. The number of thiazole rings is 1. The Morgan fingerprint density at radius 2 is 2.40 bits per heavy atom. The molecule has 1 heterocycles. The fraction of sp³-hybridized carbons (Fsp3) is 0.250. The third-order valence-corrected chi connectivity index (χ3v) is 3.19. The van der Waals surface area contributed by atoms with Crippen LogP contribution in [-0.4, -0.2) is 11.5 Å². The minimum absolute atomic E-state index is 0.824. The van der Waals surface area contributed by atoms with E-state index in [1.54, 1.807) is 11.3 Å². The van der Waals surface area contributed by atoms with Gasteiger partial charge in [-0.25, -0.2) is 4.98 Å². The van der Waals surface area contributed by atoms with Crippen molar-refractivity contribution in [1.29, 1.82) is 0 Å². The number of hydrogen-bond acceptors (Lipinski definition) is 3. The van der Waals surface area contributed by atoms with Gasteiger partial charge in [0, 0.05) is 13.1 Å². The number of nitrogens with zero attached hydrogens (tertiary/aromatic N) is 1. The highest BCUT2D eigenvalue weighted by Gasteiger charge is 2.02. The van der Waals surface area contributed by atoms with E-state index in [4.69, 9.17) is 0 Å². The number of fused-ring (bicyclic) bond motifs is 1. The van der Waals surface area contributed by atoms with Gasteiger partial charge in [0.2, 0.25) is 0 Å². The Morgan fingerprint density at radius 3 is 3.20 bits per heavy atom. The molecular formula is C12H14N2S. The van der Waals surface area contributed by atoms with Crippen LogP contribution in [0.2, 0.25) is 0 Å². The Morgan fingerprint density at radius 1 is 1.53 bits per heavy atom. The van der Waals surface area contributed by atoms with E-state index in [1.165, 1.54) is 10.3 Å². The number of hydrogen-bond donors (Lipinski definition) is 1. The lowest BCUT2D eigenvalue weighted by Gasteiger charge is -1.94. The van der Waals surface area contributed by atoms with Crippen LogP contribution in [0, 0.1) is 6.92 Å². The maximum absolute atomic E-state index is 4.57. The second kappa shape index (κ2) is 4.55. The molecule has 0 saturated heterocycles. The summed E-state index contributed by atoms with van der Waals surface area (Å²) in [6.07, 6.45) is 1.86. The Kier molecular flexibility index (Phi) is 3.14. The van der Waals surface area contributed by atoms with Crippen LogP contribution in [0.4, 0.5) is 0 Å². The van der Waals surface area contributed by atoms with E-state index in [2.05, 4.69) is 42.0 Å². The first kappa shape index (κ1) is 10.3. The number of nitrogens with one attached hydrogen (secondary N) is 1. The molecule has 1 N–H and O–H groups in total. The van der Waals surface area contributed by atoms with Crippen LogP contribution in [0.15, 0.2) is 30.9 Å². The molecule has 0 amide bonds. The molecule has 15 heavy (non-hydrogen) atoms. The van der Waals surface area contributed by atoms with Crippen molar-refractivity contribution >= 4 is 21.6 Å². The molecule has 0 saturated carbocycles. The smallest absolute Gasteiger partial charge is 0.108 e. The van der Waals surface area contributed by atoms with Gasteiger partial charge in [0.15, 0.2) is 0 Å². The Bertz CT molecular complexity index is 473. The zero-order valence-corrected chi connectivity index (χ0v) is 9.60. The predicted molar refractivity (Wildman–Crippen MR) is 66.3 cm³/mol. The van der Waals surface area contributed by atoms with Crippen molar-refractivity contribution in [2.24, 2.45) is 0 Å². The molecule has 0 fully saturated rings. The van der Waals surface area contributed by atoms with Crippen LogP contribution in [0.25, 0.3) is 10.2 Å². The fourth-order valence-electron chi connectivity index (χ4n) is 1.44. The Labute approximate surface area is 93.7 Å². The summed E-state index contributed by atoms with van der Waals surface area (Å²) in [5, 5.41) is 4.39. The molecule has 0 aliphatic rings. The van der Waals surface area contributed by atoms with Crippen LogP contribution in [0.1, 0.15) is 10.6 Å². The van der Waals surface area contributed by atoms with Crippen molar-refractivity contribution in [3.8, 4) is 0 Å². The zero-order valence-electron chi connectivity index (χ0n) is 8.79. The molecule has 2 aromatic rings. The quantitative estimate of drug-likeness (QED) is 0.630. The van der Waals surface area contributed by atoms with Crippen LogP contribution in [-0.2, 0) is 6.54 Å².